The molecule has 0 saturated carbocycles. The van der Waals surface area contributed by atoms with Crippen molar-refractivity contribution < 1.29 is 4.79 Å². The number of hydrogen-bond donors (Lipinski definition) is 1. The Labute approximate surface area is 126 Å². The highest BCUT2D eigenvalue weighted by atomic mass is 35.5. The number of ketones is 1. The third-order valence-corrected chi connectivity index (χ3v) is 3.41. The fourth-order valence-electron chi connectivity index (χ4n) is 1.85. The van der Waals surface area contributed by atoms with Crippen LogP contribution in [0.2, 0.25) is 15.1 Å². The Morgan fingerprint density at radius 3 is 2.11 bits per heavy atom. The van der Waals surface area contributed by atoms with Gasteiger partial charge in [0.25, 0.3) is 0 Å². The van der Waals surface area contributed by atoms with Crippen LogP contribution in [0.25, 0.3) is 0 Å². The maximum absolute atomic E-state index is 12.4. The van der Waals surface area contributed by atoms with Gasteiger partial charge in [0, 0.05) is 16.3 Å². The fourth-order valence-corrected chi connectivity index (χ4v) is 2.84. The number of carbonyl (C=O) groups excluding carboxylic acids is 1. The summed E-state index contributed by atoms with van der Waals surface area (Å²) in [6.07, 6.45) is 0. The molecule has 0 heterocycles. The van der Waals surface area contributed by atoms with Gasteiger partial charge in [-0.1, -0.05) is 34.8 Å². The highest BCUT2D eigenvalue weighted by Gasteiger charge is 2.18. The number of nitrogen functional groups attached to an aromatic ring is 1. The number of carbonyl (C=O) groups is 1. The molecule has 0 aliphatic rings. The van der Waals surface area contributed by atoms with E-state index in [1.165, 1.54) is 12.1 Å². The average molecular weight is 315 g/mol. The van der Waals surface area contributed by atoms with E-state index in [4.69, 9.17) is 40.5 Å². The van der Waals surface area contributed by atoms with Gasteiger partial charge in [0.1, 0.15) is 0 Å². The molecule has 0 aliphatic carbocycles. The van der Waals surface area contributed by atoms with Gasteiger partial charge in [-0.05, 0) is 42.8 Å². The van der Waals surface area contributed by atoms with Crippen LogP contribution in [0.1, 0.15) is 21.5 Å². The van der Waals surface area contributed by atoms with Crippen molar-refractivity contribution in [1.29, 1.82) is 0 Å². The van der Waals surface area contributed by atoms with Crippen LogP contribution in [0.15, 0.2) is 30.3 Å². The molecule has 0 atom stereocenters. The summed E-state index contributed by atoms with van der Waals surface area (Å²) in [5.41, 5.74) is 7.83. The number of rotatable bonds is 2. The summed E-state index contributed by atoms with van der Waals surface area (Å²) in [7, 11) is 0. The van der Waals surface area contributed by atoms with E-state index < -0.39 is 0 Å². The molecule has 98 valence electrons. The quantitative estimate of drug-likeness (QED) is 0.641. The molecule has 0 radical (unpaired) electrons. The van der Waals surface area contributed by atoms with Crippen LogP contribution in [0, 0.1) is 6.92 Å². The number of halogens is 3. The van der Waals surface area contributed by atoms with E-state index in [2.05, 4.69) is 0 Å². The van der Waals surface area contributed by atoms with Crippen molar-refractivity contribution >= 4 is 46.3 Å². The third-order valence-electron chi connectivity index (χ3n) is 2.60. The molecule has 2 aromatic rings. The van der Waals surface area contributed by atoms with E-state index in [-0.39, 0.29) is 21.4 Å². The number of anilines is 1. The van der Waals surface area contributed by atoms with E-state index in [9.17, 15) is 4.79 Å². The average Bonchev–Trinajstić information content (AvgIpc) is 2.25. The first-order chi connectivity index (χ1) is 8.88. The molecule has 19 heavy (non-hydrogen) atoms. The maximum Gasteiger partial charge on any atom is 0.196 e. The van der Waals surface area contributed by atoms with Gasteiger partial charge >= 0.3 is 0 Å². The second kappa shape index (κ2) is 5.41. The van der Waals surface area contributed by atoms with Crippen LogP contribution in [-0.4, -0.2) is 5.78 Å². The van der Waals surface area contributed by atoms with Crippen molar-refractivity contribution in [3.63, 3.8) is 0 Å². The summed E-state index contributed by atoms with van der Waals surface area (Å²) in [6, 6.07) is 8.08. The van der Waals surface area contributed by atoms with Crippen molar-refractivity contribution in [1.82, 2.24) is 0 Å². The van der Waals surface area contributed by atoms with E-state index in [0.717, 1.165) is 5.56 Å². The molecule has 0 aliphatic heterocycles. The van der Waals surface area contributed by atoms with Gasteiger partial charge in [-0.25, -0.2) is 0 Å². The van der Waals surface area contributed by atoms with Crippen LogP contribution in [0.5, 0.6) is 0 Å². The van der Waals surface area contributed by atoms with Gasteiger partial charge < -0.3 is 5.73 Å². The number of aryl methyl sites for hydroxylation is 1. The first-order valence-corrected chi connectivity index (χ1v) is 6.58. The maximum atomic E-state index is 12.4. The van der Waals surface area contributed by atoms with Crippen LogP contribution in [-0.2, 0) is 0 Å². The molecule has 0 bridgehead atoms. The second-order valence-electron chi connectivity index (χ2n) is 4.21. The van der Waals surface area contributed by atoms with Crippen molar-refractivity contribution in [3.05, 3.63) is 62.1 Å². The molecule has 2 aromatic carbocycles. The van der Waals surface area contributed by atoms with Gasteiger partial charge in [0.05, 0.1) is 15.6 Å². The largest absolute Gasteiger partial charge is 0.399 e. The number of nitrogens with two attached hydrogens (primary N) is 1. The van der Waals surface area contributed by atoms with Crippen LogP contribution < -0.4 is 5.73 Å². The van der Waals surface area contributed by atoms with E-state index in [1.54, 1.807) is 18.2 Å². The minimum absolute atomic E-state index is 0.225. The van der Waals surface area contributed by atoms with Crippen molar-refractivity contribution in [2.24, 2.45) is 0 Å². The van der Waals surface area contributed by atoms with Crippen LogP contribution in [0.3, 0.4) is 0 Å². The highest BCUT2D eigenvalue weighted by Crippen LogP contribution is 2.31. The lowest BCUT2D eigenvalue weighted by Gasteiger charge is -2.08. The zero-order valence-electron chi connectivity index (χ0n) is 10.0. The number of hydrogen-bond acceptors (Lipinski definition) is 2. The Morgan fingerprint density at radius 2 is 1.58 bits per heavy atom. The predicted octanol–water partition coefficient (Wildman–Crippen LogP) is 4.77. The molecule has 2 rings (SSSR count). The summed E-state index contributed by atoms with van der Waals surface area (Å²) < 4.78 is 0. The molecule has 2 N–H and O–H groups in total. The molecule has 5 heteroatoms. The SMILES string of the molecule is Cc1cc(N)cc(C(=O)c2c(Cl)cc(Cl)cc2Cl)c1. The lowest BCUT2D eigenvalue weighted by molar-refractivity contribution is 0.103. The highest BCUT2D eigenvalue weighted by molar-refractivity contribution is 6.43. The van der Waals surface area contributed by atoms with Gasteiger partial charge in [-0.3, -0.25) is 4.79 Å². The Balaban J connectivity index is 2.56. The standard InChI is InChI=1S/C14H10Cl3NO/c1-7-2-8(4-10(18)3-7)14(19)13-11(16)5-9(15)6-12(13)17/h2-6H,18H2,1H3. The topological polar surface area (TPSA) is 43.1 Å². The molecule has 0 unspecified atom stereocenters. The lowest BCUT2D eigenvalue weighted by atomic mass is 10.0. The summed E-state index contributed by atoms with van der Waals surface area (Å²) in [5, 5.41) is 0.834. The Hall–Kier alpha value is -1.22. The predicted molar refractivity (Wildman–Crippen MR) is 80.5 cm³/mol. The molecule has 0 fully saturated rings. The molecule has 2 nitrogen and oxygen atoms in total. The zero-order chi connectivity index (χ0) is 14.2. The minimum Gasteiger partial charge on any atom is -0.399 e. The normalized spacial score (nSPS) is 10.5. The minimum atomic E-state index is -0.276. The van der Waals surface area contributed by atoms with Gasteiger partial charge in [0.2, 0.25) is 0 Å². The molecular formula is C14H10Cl3NO. The number of benzene rings is 2. The summed E-state index contributed by atoms with van der Waals surface area (Å²) in [6.45, 7) is 1.86. The van der Waals surface area contributed by atoms with Gasteiger partial charge in [-0.2, -0.15) is 0 Å². The summed E-state index contributed by atoms with van der Waals surface area (Å²) in [4.78, 5) is 12.4. The Bertz CT molecular complexity index is 624. The van der Waals surface area contributed by atoms with Crippen LogP contribution in [0.4, 0.5) is 5.69 Å². The molecule has 0 spiro atoms. The van der Waals surface area contributed by atoms with Gasteiger partial charge in [-0.15, -0.1) is 0 Å². The smallest absolute Gasteiger partial charge is 0.196 e. The monoisotopic (exact) mass is 313 g/mol. The fraction of sp³-hybridized carbons (Fsp3) is 0.0714. The van der Waals surface area contributed by atoms with E-state index in [1.807, 2.05) is 6.92 Å². The first-order valence-electron chi connectivity index (χ1n) is 5.45. The van der Waals surface area contributed by atoms with Crippen molar-refractivity contribution in [2.45, 2.75) is 6.92 Å². The molecule has 0 saturated heterocycles. The van der Waals surface area contributed by atoms with Crippen LogP contribution >= 0.6 is 34.8 Å². The summed E-state index contributed by atoms with van der Waals surface area (Å²) >= 11 is 17.9. The van der Waals surface area contributed by atoms with Crippen molar-refractivity contribution in [3.8, 4) is 0 Å². The molecule has 0 amide bonds. The zero-order valence-corrected chi connectivity index (χ0v) is 12.3. The third kappa shape index (κ3) is 3.03. The molecular weight excluding hydrogens is 305 g/mol. The Morgan fingerprint density at radius 1 is 1.00 bits per heavy atom. The van der Waals surface area contributed by atoms with E-state index in [0.29, 0.717) is 16.3 Å². The van der Waals surface area contributed by atoms with Gasteiger partial charge in [0.15, 0.2) is 5.78 Å². The second-order valence-corrected chi connectivity index (χ2v) is 5.46. The lowest BCUT2D eigenvalue weighted by Crippen LogP contribution is -2.05. The molecule has 0 aromatic heterocycles. The summed E-state index contributed by atoms with van der Waals surface area (Å²) in [5.74, 6) is -0.276. The first kappa shape index (κ1) is 14.2. The Kier molecular flexibility index (Phi) is 4.04. The van der Waals surface area contributed by atoms with Crippen molar-refractivity contribution in [2.75, 3.05) is 5.73 Å². The van der Waals surface area contributed by atoms with E-state index >= 15 is 0 Å².